The Hall–Kier alpha value is -2.59. The minimum atomic E-state index is -0.875. The first-order valence-corrected chi connectivity index (χ1v) is 8.96. The lowest BCUT2D eigenvalue weighted by Crippen LogP contribution is -2.47. The van der Waals surface area contributed by atoms with Crippen molar-refractivity contribution >= 4 is 18.1 Å². The number of aliphatic imine (C=N–C) groups is 1. The van der Waals surface area contributed by atoms with Crippen LogP contribution >= 0.6 is 0 Å². The van der Waals surface area contributed by atoms with Crippen LogP contribution in [0.5, 0.6) is 0 Å². The van der Waals surface area contributed by atoms with Crippen molar-refractivity contribution in [1.29, 1.82) is 0 Å². The number of rotatable bonds is 0. The first kappa shape index (κ1) is 16.9. The van der Waals surface area contributed by atoms with Gasteiger partial charge in [-0.3, -0.25) is 0 Å². The average molecular weight is 347 g/mol. The largest absolute Gasteiger partial charge is 0.339 e. The van der Waals surface area contributed by atoms with Gasteiger partial charge in [0.25, 0.3) is 0 Å². The summed E-state index contributed by atoms with van der Waals surface area (Å²) < 4.78 is 0. The van der Waals surface area contributed by atoms with Crippen LogP contribution in [0.2, 0.25) is 0 Å². The van der Waals surface area contributed by atoms with E-state index in [0.29, 0.717) is 0 Å². The molecule has 0 fully saturated rings. The fraction of sp³-hybridized carbons (Fsp3) is 0.318. The van der Waals surface area contributed by atoms with Crippen LogP contribution in [0, 0.1) is 0 Å². The lowest BCUT2D eigenvalue weighted by molar-refractivity contribution is -0.156. The third-order valence-electron chi connectivity index (χ3n) is 5.21. The molecule has 1 heterocycles. The molecule has 0 amide bonds. The third kappa shape index (κ3) is 2.44. The normalized spacial score (nSPS) is 17.6. The Balaban J connectivity index is 1.99. The van der Waals surface area contributed by atoms with Gasteiger partial charge in [-0.15, -0.1) is 0 Å². The Kier molecular flexibility index (Phi) is 3.70. The number of benzene rings is 2. The van der Waals surface area contributed by atoms with E-state index >= 15 is 0 Å². The van der Waals surface area contributed by atoms with Crippen LogP contribution in [0.25, 0.3) is 12.2 Å². The molecule has 1 spiro atoms. The van der Waals surface area contributed by atoms with Crippen LogP contribution in [0.3, 0.4) is 0 Å². The summed E-state index contributed by atoms with van der Waals surface area (Å²) in [6.07, 6.45) is 4.29. The number of hydrogen-bond donors (Lipinski definition) is 0. The predicted molar refractivity (Wildman–Crippen MR) is 106 cm³/mol. The van der Waals surface area contributed by atoms with Gasteiger partial charge in [-0.05, 0) is 31.9 Å². The van der Waals surface area contributed by atoms with Crippen LogP contribution in [0.15, 0.2) is 53.5 Å². The van der Waals surface area contributed by atoms with Crippen molar-refractivity contribution < 1.29 is 4.84 Å². The molecule has 4 nitrogen and oxygen atoms in total. The van der Waals surface area contributed by atoms with E-state index in [1.54, 1.807) is 5.06 Å². The minimum Gasteiger partial charge on any atom is -0.339 e. The molecule has 0 N–H and O–H groups in total. The predicted octanol–water partition coefficient (Wildman–Crippen LogP) is 4.33. The van der Waals surface area contributed by atoms with Crippen molar-refractivity contribution in [3.05, 3.63) is 70.8 Å². The fourth-order valence-corrected chi connectivity index (χ4v) is 3.50. The van der Waals surface area contributed by atoms with Gasteiger partial charge in [0.2, 0.25) is 11.7 Å². The van der Waals surface area contributed by atoms with Gasteiger partial charge in [-0.2, -0.15) is 0 Å². The molecular formula is C22H25N3O. The summed E-state index contributed by atoms with van der Waals surface area (Å²) in [7, 11) is 3.99. The molecule has 0 aromatic heterocycles. The highest BCUT2D eigenvalue weighted by molar-refractivity contribution is 5.84. The van der Waals surface area contributed by atoms with Crippen LogP contribution in [-0.4, -0.2) is 35.6 Å². The lowest BCUT2D eigenvalue weighted by Gasteiger charge is -2.35. The molecule has 1 aliphatic heterocycles. The van der Waals surface area contributed by atoms with Gasteiger partial charge in [0.15, 0.2) is 0 Å². The molecule has 0 saturated carbocycles. The average Bonchev–Trinajstić information content (AvgIpc) is 2.90. The maximum Gasteiger partial charge on any atom is 0.241 e. The molecule has 4 heteroatoms. The molecule has 134 valence electrons. The van der Waals surface area contributed by atoms with E-state index in [-0.39, 0.29) is 5.54 Å². The van der Waals surface area contributed by atoms with Crippen LogP contribution < -0.4 is 0 Å². The van der Waals surface area contributed by atoms with Gasteiger partial charge in [0, 0.05) is 30.8 Å². The van der Waals surface area contributed by atoms with Crippen LogP contribution in [0.4, 0.5) is 0 Å². The van der Waals surface area contributed by atoms with Crippen molar-refractivity contribution in [3.8, 4) is 0 Å². The van der Waals surface area contributed by atoms with Gasteiger partial charge in [0.05, 0.1) is 0 Å². The first-order chi connectivity index (χ1) is 12.3. The topological polar surface area (TPSA) is 28.1 Å². The van der Waals surface area contributed by atoms with Crippen molar-refractivity contribution in [2.75, 3.05) is 14.1 Å². The summed E-state index contributed by atoms with van der Waals surface area (Å²) in [5.74, 6) is 0.823. The van der Waals surface area contributed by atoms with Gasteiger partial charge in [-0.25, -0.2) is 14.9 Å². The number of hydroxylamine groups is 2. The van der Waals surface area contributed by atoms with Gasteiger partial charge in [0.1, 0.15) is 0 Å². The van der Waals surface area contributed by atoms with Gasteiger partial charge < -0.3 is 4.90 Å². The molecule has 26 heavy (non-hydrogen) atoms. The highest BCUT2D eigenvalue weighted by Gasteiger charge is 2.47. The standard InChI is InChI=1S/C22H25N3O/c1-21(2,3)24(4)20-23-22(26-25(20)5)18-12-8-6-10-16(18)14-15-17-11-7-9-13-19(17)22/h6-15H,1-5H3. The molecule has 4 rings (SSSR count). The number of fused-ring (bicyclic) bond motifs is 4. The molecular weight excluding hydrogens is 322 g/mol. The molecule has 0 unspecified atom stereocenters. The van der Waals surface area contributed by atoms with E-state index in [1.165, 1.54) is 0 Å². The summed E-state index contributed by atoms with van der Waals surface area (Å²) >= 11 is 0. The summed E-state index contributed by atoms with van der Waals surface area (Å²) in [6.45, 7) is 6.51. The maximum atomic E-state index is 6.50. The minimum absolute atomic E-state index is 0.0655. The van der Waals surface area contributed by atoms with E-state index in [2.05, 4.69) is 81.3 Å². The molecule has 1 aliphatic carbocycles. The zero-order valence-electron chi connectivity index (χ0n) is 16.0. The van der Waals surface area contributed by atoms with E-state index in [4.69, 9.17) is 9.83 Å². The zero-order chi connectivity index (χ0) is 18.5. The summed E-state index contributed by atoms with van der Waals surface area (Å²) in [6, 6.07) is 16.7. The third-order valence-corrected chi connectivity index (χ3v) is 5.21. The Labute approximate surface area is 155 Å². The zero-order valence-corrected chi connectivity index (χ0v) is 16.0. The second kappa shape index (κ2) is 5.71. The highest BCUT2D eigenvalue weighted by Crippen LogP contribution is 2.45. The molecule has 0 atom stereocenters. The fourth-order valence-electron chi connectivity index (χ4n) is 3.50. The number of nitrogens with zero attached hydrogens (tertiary/aromatic N) is 3. The quantitative estimate of drug-likeness (QED) is 0.710. The summed E-state index contributed by atoms with van der Waals surface area (Å²) in [4.78, 5) is 13.8. The smallest absolute Gasteiger partial charge is 0.241 e. The first-order valence-electron chi connectivity index (χ1n) is 8.96. The van der Waals surface area contributed by atoms with E-state index in [1.807, 2.05) is 19.2 Å². The van der Waals surface area contributed by atoms with Crippen molar-refractivity contribution in [1.82, 2.24) is 9.96 Å². The number of guanidine groups is 1. The summed E-state index contributed by atoms with van der Waals surface area (Å²) in [5.41, 5.74) is 3.43. The maximum absolute atomic E-state index is 6.50. The van der Waals surface area contributed by atoms with Crippen molar-refractivity contribution in [3.63, 3.8) is 0 Å². The molecule has 2 aromatic carbocycles. The second-order valence-corrected chi connectivity index (χ2v) is 7.88. The van der Waals surface area contributed by atoms with E-state index in [9.17, 15) is 0 Å². The van der Waals surface area contributed by atoms with Crippen LogP contribution in [0.1, 0.15) is 43.0 Å². The molecule has 0 radical (unpaired) electrons. The number of hydrogen-bond acceptors (Lipinski definition) is 4. The molecule has 0 bridgehead atoms. The molecule has 0 saturated heterocycles. The lowest BCUT2D eigenvalue weighted by atomic mass is 9.91. The monoisotopic (exact) mass is 347 g/mol. The Morgan fingerprint density at radius 1 is 0.923 bits per heavy atom. The van der Waals surface area contributed by atoms with Crippen molar-refractivity contribution in [2.24, 2.45) is 4.99 Å². The van der Waals surface area contributed by atoms with Gasteiger partial charge >= 0.3 is 0 Å². The Morgan fingerprint density at radius 2 is 1.42 bits per heavy atom. The van der Waals surface area contributed by atoms with E-state index in [0.717, 1.165) is 28.2 Å². The Bertz CT molecular complexity index is 858. The molecule has 2 aliphatic rings. The SMILES string of the molecule is CN1OC2(N=C1N(C)C(C)(C)C)c1ccccc1C=Cc1ccccc12. The second-order valence-electron chi connectivity index (χ2n) is 7.88. The molecule has 2 aromatic rings. The summed E-state index contributed by atoms with van der Waals surface area (Å²) in [5, 5.41) is 1.80. The van der Waals surface area contributed by atoms with Crippen molar-refractivity contribution in [2.45, 2.75) is 32.0 Å². The Morgan fingerprint density at radius 3 is 1.92 bits per heavy atom. The highest BCUT2D eigenvalue weighted by atomic mass is 16.7. The van der Waals surface area contributed by atoms with Gasteiger partial charge in [-0.1, -0.05) is 60.7 Å². The van der Waals surface area contributed by atoms with Crippen LogP contribution in [-0.2, 0) is 10.6 Å². The van der Waals surface area contributed by atoms with E-state index < -0.39 is 5.72 Å².